The normalized spacial score (nSPS) is 11.0. The summed E-state index contributed by atoms with van der Waals surface area (Å²) in [4.78, 5) is 5.75. The Bertz CT molecular complexity index is 864. The zero-order valence-electron chi connectivity index (χ0n) is 12.2. The van der Waals surface area contributed by atoms with Crippen molar-refractivity contribution in [3.63, 3.8) is 0 Å². The van der Waals surface area contributed by atoms with E-state index in [2.05, 4.69) is 10.4 Å². The summed E-state index contributed by atoms with van der Waals surface area (Å²) in [5, 5.41) is 5.41. The van der Waals surface area contributed by atoms with Crippen LogP contribution in [-0.2, 0) is 12.2 Å². The number of aromatic nitrogens is 1. The molecule has 0 amide bonds. The van der Waals surface area contributed by atoms with Gasteiger partial charge in [-0.1, -0.05) is 52.5 Å². The van der Waals surface area contributed by atoms with Gasteiger partial charge in [0.05, 0.1) is 30.8 Å². The van der Waals surface area contributed by atoms with Crippen LogP contribution in [0.2, 0.25) is 20.1 Å². The van der Waals surface area contributed by atoms with Gasteiger partial charge in [0, 0.05) is 22.4 Å². The number of halogens is 4. The van der Waals surface area contributed by atoms with Gasteiger partial charge in [0.1, 0.15) is 0 Å². The Kier molecular flexibility index (Phi) is 6.36. The molecular weight excluding hydrogens is 424 g/mol. The summed E-state index contributed by atoms with van der Waals surface area (Å²) in [5.41, 5.74) is 2.15. The van der Waals surface area contributed by atoms with Gasteiger partial charge in [-0.2, -0.15) is 0 Å². The summed E-state index contributed by atoms with van der Waals surface area (Å²) >= 11 is 27.3. The lowest BCUT2D eigenvalue weighted by molar-refractivity contribution is 1.09. The van der Waals surface area contributed by atoms with Crippen molar-refractivity contribution in [2.75, 3.05) is 0 Å². The number of benzene rings is 2. The van der Waals surface area contributed by atoms with Crippen LogP contribution in [0.1, 0.15) is 16.3 Å². The molecule has 1 nitrogen and oxygen atoms in total. The van der Waals surface area contributed by atoms with Crippen molar-refractivity contribution < 1.29 is 0 Å². The minimum Gasteiger partial charge on any atom is -0.245 e. The average molecular weight is 435 g/mol. The van der Waals surface area contributed by atoms with Gasteiger partial charge < -0.3 is 0 Å². The highest BCUT2D eigenvalue weighted by Gasteiger charge is 2.07. The molecule has 3 rings (SSSR count). The highest BCUT2D eigenvalue weighted by molar-refractivity contribution is 7.98. The van der Waals surface area contributed by atoms with Crippen LogP contribution in [0.4, 0.5) is 0 Å². The molecule has 0 aliphatic rings. The van der Waals surface area contributed by atoms with Gasteiger partial charge >= 0.3 is 0 Å². The summed E-state index contributed by atoms with van der Waals surface area (Å²) in [6.07, 6.45) is 0.749. The summed E-state index contributed by atoms with van der Waals surface area (Å²) in [7, 11) is 0. The second-order valence-electron chi connectivity index (χ2n) is 5.02. The fourth-order valence-corrected chi connectivity index (χ4v) is 4.49. The molecule has 0 saturated carbocycles. The third kappa shape index (κ3) is 4.81. The summed E-state index contributed by atoms with van der Waals surface area (Å²) < 4.78 is 0. The van der Waals surface area contributed by atoms with E-state index >= 15 is 0 Å². The first-order valence-corrected chi connectivity index (χ1v) is 10.3. The zero-order valence-corrected chi connectivity index (χ0v) is 16.9. The molecule has 0 saturated heterocycles. The fraction of sp³-hybridized carbons (Fsp3) is 0.118. The van der Waals surface area contributed by atoms with Crippen LogP contribution < -0.4 is 0 Å². The van der Waals surface area contributed by atoms with Gasteiger partial charge in [0.15, 0.2) is 0 Å². The van der Waals surface area contributed by atoms with Gasteiger partial charge in [-0.3, -0.25) is 0 Å². The molecule has 24 heavy (non-hydrogen) atoms. The summed E-state index contributed by atoms with van der Waals surface area (Å²) in [6.45, 7) is 0. The molecule has 0 N–H and O–H groups in total. The topological polar surface area (TPSA) is 12.9 Å². The first-order chi connectivity index (χ1) is 11.5. The molecule has 1 heterocycles. The highest BCUT2D eigenvalue weighted by atomic mass is 35.5. The molecule has 1 aromatic heterocycles. The van der Waals surface area contributed by atoms with Crippen molar-refractivity contribution >= 4 is 69.5 Å². The van der Waals surface area contributed by atoms with Crippen LogP contribution in [-0.4, -0.2) is 4.98 Å². The number of thiazole rings is 1. The highest BCUT2D eigenvalue weighted by Crippen LogP contribution is 2.30. The van der Waals surface area contributed by atoms with Crippen molar-refractivity contribution in [3.05, 3.63) is 78.1 Å². The van der Waals surface area contributed by atoms with Gasteiger partial charge in [0.2, 0.25) is 0 Å². The van der Waals surface area contributed by atoms with Crippen LogP contribution in [0, 0.1) is 0 Å². The Morgan fingerprint density at radius 3 is 2.29 bits per heavy atom. The molecule has 7 heteroatoms. The molecule has 2 aromatic carbocycles. The van der Waals surface area contributed by atoms with E-state index in [1.807, 2.05) is 36.4 Å². The number of rotatable bonds is 5. The van der Waals surface area contributed by atoms with Crippen LogP contribution in [0.25, 0.3) is 0 Å². The summed E-state index contributed by atoms with van der Waals surface area (Å²) in [5.74, 6) is 0.788. The Labute approximate surface area is 168 Å². The minimum atomic E-state index is 0.568. The first-order valence-electron chi connectivity index (χ1n) is 6.96. The summed E-state index contributed by atoms with van der Waals surface area (Å²) in [6, 6.07) is 11.3. The number of hydrogen-bond donors (Lipinski definition) is 0. The number of nitrogens with zero attached hydrogens (tertiary/aromatic N) is 1. The van der Waals surface area contributed by atoms with E-state index in [1.165, 1.54) is 0 Å². The molecule has 124 valence electrons. The van der Waals surface area contributed by atoms with E-state index in [1.54, 1.807) is 23.1 Å². The van der Waals surface area contributed by atoms with E-state index in [0.717, 1.165) is 33.3 Å². The van der Waals surface area contributed by atoms with Gasteiger partial charge in [-0.15, -0.1) is 23.1 Å². The van der Waals surface area contributed by atoms with Gasteiger partial charge in [-0.25, -0.2) is 4.98 Å². The monoisotopic (exact) mass is 433 g/mol. The van der Waals surface area contributed by atoms with Crippen molar-refractivity contribution in [2.45, 2.75) is 17.1 Å². The van der Waals surface area contributed by atoms with Crippen molar-refractivity contribution in [1.29, 1.82) is 0 Å². The standard InChI is InChI=1S/C17H11Cl4NS2/c18-13-3-1-10(5-15(13)20)6-17-22-11(9-24-17)8-23-12-2-4-14(19)16(21)7-12/h1-5,7,9H,6,8H2. The Morgan fingerprint density at radius 2 is 1.58 bits per heavy atom. The van der Waals surface area contributed by atoms with Gasteiger partial charge in [0.25, 0.3) is 0 Å². The van der Waals surface area contributed by atoms with E-state index in [-0.39, 0.29) is 0 Å². The molecule has 0 fully saturated rings. The molecule has 0 aliphatic heterocycles. The van der Waals surface area contributed by atoms with Crippen molar-refractivity contribution in [2.24, 2.45) is 0 Å². The largest absolute Gasteiger partial charge is 0.245 e. The molecule has 0 radical (unpaired) electrons. The maximum atomic E-state index is 6.05. The van der Waals surface area contributed by atoms with Gasteiger partial charge in [-0.05, 0) is 35.9 Å². The fourth-order valence-electron chi connectivity index (χ4n) is 2.04. The molecule has 0 aliphatic carbocycles. The molecule has 3 aromatic rings. The van der Waals surface area contributed by atoms with Crippen molar-refractivity contribution in [1.82, 2.24) is 4.98 Å². The number of thioether (sulfide) groups is 1. The maximum Gasteiger partial charge on any atom is 0.0972 e. The van der Waals surface area contributed by atoms with Crippen LogP contribution >= 0.6 is 69.5 Å². The quantitative estimate of drug-likeness (QED) is 0.382. The van der Waals surface area contributed by atoms with Crippen LogP contribution in [0.15, 0.2) is 46.7 Å². The lowest BCUT2D eigenvalue weighted by Crippen LogP contribution is -1.89. The molecule has 0 atom stereocenters. The Balaban J connectivity index is 1.62. The van der Waals surface area contributed by atoms with E-state index in [4.69, 9.17) is 46.4 Å². The molecule has 0 unspecified atom stereocenters. The SMILES string of the molecule is Clc1ccc(Cc2nc(CSc3ccc(Cl)c(Cl)c3)cs2)cc1Cl. The smallest absolute Gasteiger partial charge is 0.0972 e. The van der Waals surface area contributed by atoms with Crippen LogP contribution in [0.3, 0.4) is 0 Å². The lowest BCUT2D eigenvalue weighted by atomic mass is 10.2. The van der Waals surface area contributed by atoms with E-state index < -0.39 is 0 Å². The predicted molar refractivity (Wildman–Crippen MR) is 107 cm³/mol. The third-order valence-electron chi connectivity index (χ3n) is 3.22. The molecule has 0 spiro atoms. The Morgan fingerprint density at radius 1 is 0.875 bits per heavy atom. The molecule has 0 bridgehead atoms. The van der Waals surface area contributed by atoms with E-state index in [9.17, 15) is 0 Å². The second kappa shape index (κ2) is 8.31. The van der Waals surface area contributed by atoms with E-state index in [0.29, 0.717) is 20.1 Å². The Hall–Kier alpha value is -0.420. The molecular formula is C17H11Cl4NS2. The zero-order chi connectivity index (χ0) is 17.1. The lowest BCUT2D eigenvalue weighted by Gasteiger charge is -2.02. The average Bonchev–Trinajstić information content (AvgIpc) is 3.00. The first kappa shape index (κ1) is 18.4. The minimum absolute atomic E-state index is 0.568. The van der Waals surface area contributed by atoms with Crippen LogP contribution in [0.5, 0.6) is 0 Å². The second-order valence-corrected chi connectivity index (χ2v) is 8.64. The number of hydrogen-bond acceptors (Lipinski definition) is 3. The predicted octanol–water partition coefficient (Wildman–Crippen LogP) is 7.64. The maximum absolute atomic E-state index is 6.05. The van der Waals surface area contributed by atoms with Crippen molar-refractivity contribution in [3.8, 4) is 0 Å². The third-order valence-corrected chi connectivity index (χ3v) is 6.62.